The zero-order chi connectivity index (χ0) is 21.8. The van der Waals surface area contributed by atoms with Crippen LogP contribution in [-0.4, -0.2) is 32.8 Å². The van der Waals surface area contributed by atoms with Crippen molar-refractivity contribution in [3.05, 3.63) is 90.2 Å². The maximum atomic E-state index is 13.2. The van der Waals surface area contributed by atoms with Crippen LogP contribution in [0.3, 0.4) is 0 Å². The van der Waals surface area contributed by atoms with Gasteiger partial charge in [0.2, 0.25) is 5.91 Å². The summed E-state index contributed by atoms with van der Waals surface area (Å²) in [6.45, 7) is 0.174. The lowest BCUT2D eigenvalue weighted by Gasteiger charge is -2.49. The van der Waals surface area contributed by atoms with Crippen molar-refractivity contribution in [1.82, 2.24) is 0 Å². The topological polar surface area (TPSA) is 48.0 Å². The van der Waals surface area contributed by atoms with Crippen LogP contribution in [0.1, 0.15) is 11.6 Å². The molecule has 1 fully saturated rings. The summed E-state index contributed by atoms with van der Waals surface area (Å²) in [4.78, 5) is 15.0. The van der Waals surface area contributed by atoms with E-state index in [0.29, 0.717) is 5.75 Å². The molecular weight excluding hydrogens is 397 g/mol. The fourth-order valence-electron chi connectivity index (χ4n) is 3.93. The Morgan fingerprint density at radius 3 is 2.16 bits per heavy atom. The van der Waals surface area contributed by atoms with E-state index in [1.54, 1.807) is 31.3 Å². The number of hydrogen-bond acceptors (Lipinski definition) is 4. The van der Waals surface area contributed by atoms with E-state index in [1.165, 1.54) is 12.1 Å². The minimum atomic E-state index is -0.468. The molecule has 3 aromatic carbocycles. The summed E-state index contributed by atoms with van der Waals surface area (Å²) >= 11 is 0. The zero-order valence-electron chi connectivity index (χ0n) is 17.4. The molecule has 0 aliphatic carbocycles. The molecule has 1 aliphatic rings. The van der Waals surface area contributed by atoms with Crippen LogP contribution in [0.2, 0.25) is 0 Å². The van der Waals surface area contributed by atoms with Crippen molar-refractivity contribution in [2.75, 3.05) is 25.7 Å². The molecule has 3 aromatic rings. The lowest BCUT2D eigenvalue weighted by Crippen LogP contribution is -2.60. The maximum Gasteiger partial charge on any atom is 0.235 e. The second-order valence-electron chi connectivity index (χ2n) is 7.33. The van der Waals surface area contributed by atoms with E-state index in [-0.39, 0.29) is 24.4 Å². The first-order valence-electron chi connectivity index (χ1n) is 10.1. The van der Waals surface area contributed by atoms with Crippen LogP contribution in [0.15, 0.2) is 78.9 Å². The number of nitrogens with zero attached hydrogens (tertiary/aromatic N) is 1. The molecule has 0 spiro atoms. The van der Waals surface area contributed by atoms with Crippen LogP contribution < -0.4 is 14.4 Å². The van der Waals surface area contributed by atoms with Gasteiger partial charge in [-0.3, -0.25) is 4.79 Å². The van der Waals surface area contributed by atoms with E-state index in [9.17, 15) is 9.18 Å². The van der Waals surface area contributed by atoms with E-state index in [1.807, 2.05) is 54.6 Å². The molecule has 0 bridgehead atoms. The van der Waals surface area contributed by atoms with Gasteiger partial charge in [-0.05, 0) is 54.1 Å². The van der Waals surface area contributed by atoms with Crippen molar-refractivity contribution >= 4 is 11.6 Å². The number of amides is 1. The molecule has 0 N–H and O–H groups in total. The Hall–Kier alpha value is -3.38. The molecule has 160 valence electrons. The predicted octanol–water partition coefficient (Wildman–Crippen LogP) is 4.63. The molecule has 1 saturated heterocycles. The first-order chi connectivity index (χ1) is 15.1. The number of rotatable bonds is 8. The van der Waals surface area contributed by atoms with Gasteiger partial charge in [0.05, 0.1) is 19.1 Å². The van der Waals surface area contributed by atoms with Crippen LogP contribution in [0.25, 0.3) is 0 Å². The summed E-state index contributed by atoms with van der Waals surface area (Å²) in [5.74, 6) is 0.500. The van der Waals surface area contributed by atoms with E-state index < -0.39 is 12.0 Å². The van der Waals surface area contributed by atoms with Gasteiger partial charge in [0.25, 0.3) is 0 Å². The van der Waals surface area contributed by atoms with Gasteiger partial charge in [0, 0.05) is 12.8 Å². The molecule has 0 radical (unpaired) electrons. The fourth-order valence-corrected chi connectivity index (χ4v) is 3.93. The standard InChI is InChI=1S/C25H24FNO4/c1-29-20-12-8-17(9-13-20)24-23(25(28)27(24)19-6-4-3-5-7-19)22(30-2)16-31-21-14-10-18(26)11-15-21/h3-15,22-24H,16H2,1-2H3/t22-,23-,24-/m1/s1. The third-order valence-corrected chi connectivity index (χ3v) is 5.56. The van der Waals surface area contributed by atoms with Crippen molar-refractivity contribution in [2.24, 2.45) is 5.92 Å². The Kier molecular flexibility index (Phi) is 6.18. The molecule has 31 heavy (non-hydrogen) atoms. The van der Waals surface area contributed by atoms with Crippen molar-refractivity contribution in [3.8, 4) is 11.5 Å². The number of hydrogen-bond donors (Lipinski definition) is 0. The van der Waals surface area contributed by atoms with E-state index in [2.05, 4.69) is 0 Å². The lowest BCUT2D eigenvalue weighted by molar-refractivity contribution is -0.139. The summed E-state index contributed by atoms with van der Waals surface area (Å²) in [6, 6.07) is 22.9. The van der Waals surface area contributed by atoms with Crippen LogP contribution >= 0.6 is 0 Å². The van der Waals surface area contributed by atoms with Gasteiger partial charge in [-0.15, -0.1) is 0 Å². The summed E-state index contributed by atoms with van der Waals surface area (Å²) in [6.07, 6.45) is -0.468. The van der Waals surface area contributed by atoms with Crippen molar-refractivity contribution in [3.63, 3.8) is 0 Å². The molecule has 3 atom stereocenters. The summed E-state index contributed by atoms with van der Waals surface area (Å²) in [5.41, 5.74) is 1.82. The van der Waals surface area contributed by atoms with Gasteiger partial charge in [0.1, 0.15) is 30.0 Å². The van der Waals surface area contributed by atoms with Crippen LogP contribution in [0.4, 0.5) is 10.1 Å². The Labute approximate surface area is 181 Å². The smallest absolute Gasteiger partial charge is 0.235 e. The molecule has 0 unspecified atom stereocenters. The highest BCUT2D eigenvalue weighted by Gasteiger charge is 2.53. The van der Waals surface area contributed by atoms with Crippen molar-refractivity contribution in [1.29, 1.82) is 0 Å². The Balaban J connectivity index is 1.60. The van der Waals surface area contributed by atoms with Gasteiger partial charge in [0.15, 0.2) is 0 Å². The number of carbonyl (C=O) groups excluding carboxylic acids is 1. The normalized spacial score (nSPS) is 18.9. The highest BCUT2D eigenvalue weighted by atomic mass is 19.1. The van der Waals surface area contributed by atoms with Gasteiger partial charge >= 0.3 is 0 Å². The Morgan fingerprint density at radius 1 is 0.903 bits per heavy atom. The SMILES string of the molecule is COc1ccc([C@@H]2[C@@H]([C@@H](COc3ccc(F)cc3)OC)C(=O)N2c2ccccc2)cc1. The quantitative estimate of drug-likeness (QED) is 0.498. The minimum Gasteiger partial charge on any atom is -0.497 e. The molecule has 6 heteroatoms. The number of ether oxygens (including phenoxy) is 3. The van der Waals surface area contributed by atoms with Crippen LogP contribution in [-0.2, 0) is 9.53 Å². The molecule has 5 nitrogen and oxygen atoms in total. The van der Waals surface area contributed by atoms with E-state index in [0.717, 1.165) is 17.0 Å². The number of halogens is 1. The van der Waals surface area contributed by atoms with Gasteiger partial charge in [-0.25, -0.2) is 4.39 Å². The number of para-hydroxylation sites is 1. The average molecular weight is 421 g/mol. The Bertz CT molecular complexity index is 1010. The third kappa shape index (κ3) is 4.25. The largest absolute Gasteiger partial charge is 0.497 e. The van der Waals surface area contributed by atoms with Gasteiger partial charge < -0.3 is 19.1 Å². The number of benzene rings is 3. The average Bonchev–Trinajstić information content (AvgIpc) is 2.81. The predicted molar refractivity (Wildman–Crippen MR) is 116 cm³/mol. The lowest BCUT2D eigenvalue weighted by atomic mass is 9.78. The second kappa shape index (κ2) is 9.18. The van der Waals surface area contributed by atoms with E-state index in [4.69, 9.17) is 14.2 Å². The first-order valence-corrected chi connectivity index (χ1v) is 10.1. The molecule has 1 amide bonds. The van der Waals surface area contributed by atoms with Crippen molar-refractivity contribution in [2.45, 2.75) is 12.1 Å². The van der Waals surface area contributed by atoms with E-state index >= 15 is 0 Å². The molecular formula is C25H24FNO4. The molecule has 1 heterocycles. The van der Waals surface area contributed by atoms with Crippen LogP contribution in [0.5, 0.6) is 11.5 Å². The number of methoxy groups -OCH3 is 2. The summed E-state index contributed by atoms with van der Waals surface area (Å²) in [5, 5.41) is 0. The third-order valence-electron chi connectivity index (χ3n) is 5.56. The van der Waals surface area contributed by atoms with Crippen molar-refractivity contribution < 1.29 is 23.4 Å². The first kappa shape index (κ1) is 20.9. The highest BCUT2D eigenvalue weighted by molar-refractivity contribution is 6.03. The minimum absolute atomic E-state index is 0.0263. The number of β-lactam (4-membered cyclic amide) rings is 1. The number of carbonyl (C=O) groups is 1. The number of anilines is 1. The summed E-state index contributed by atoms with van der Waals surface area (Å²) in [7, 11) is 3.19. The van der Waals surface area contributed by atoms with Gasteiger partial charge in [-0.2, -0.15) is 0 Å². The second-order valence-corrected chi connectivity index (χ2v) is 7.33. The Morgan fingerprint density at radius 2 is 1.55 bits per heavy atom. The van der Waals surface area contributed by atoms with Gasteiger partial charge in [-0.1, -0.05) is 30.3 Å². The molecule has 0 saturated carbocycles. The molecule has 1 aliphatic heterocycles. The van der Waals surface area contributed by atoms with Crippen LogP contribution in [0, 0.1) is 11.7 Å². The highest BCUT2D eigenvalue weighted by Crippen LogP contribution is 2.46. The fraction of sp³-hybridized carbons (Fsp3) is 0.240. The summed E-state index contributed by atoms with van der Waals surface area (Å²) < 4.78 is 29.9. The monoisotopic (exact) mass is 421 g/mol. The molecule has 4 rings (SSSR count). The zero-order valence-corrected chi connectivity index (χ0v) is 17.4. The molecule has 0 aromatic heterocycles. The maximum absolute atomic E-state index is 13.2.